The smallest absolute Gasteiger partial charge is 0.0588 e. The average molecular weight is 215 g/mol. The highest BCUT2D eigenvalue weighted by Gasteiger charge is 2.26. The Bertz CT molecular complexity index is 435. The van der Waals surface area contributed by atoms with Crippen LogP contribution in [0.5, 0.6) is 0 Å². The third-order valence-corrected chi connectivity index (χ3v) is 3.56. The van der Waals surface area contributed by atoms with Crippen LogP contribution in [0.2, 0.25) is 0 Å². The number of hydrogen-bond donors (Lipinski definition) is 0. The predicted octanol–water partition coefficient (Wildman–Crippen LogP) is 3.69. The molecule has 0 radical (unpaired) electrons. The van der Waals surface area contributed by atoms with Gasteiger partial charge in [0.2, 0.25) is 0 Å². The first-order chi connectivity index (χ1) is 7.38. The van der Waals surface area contributed by atoms with E-state index in [1.807, 2.05) is 0 Å². The van der Waals surface area contributed by atoms with Gasteiger partial charge in [0.15, 0.2) is 0 Å². The molecule has 0 aromatic heterocycles. The van der Waals surface area contributed by atoms with Crippen molar-refractivity contribution in [3.8, 4) is 0 Å². The number of hydrogen-bond acceptors (Lipinski definition) is 1. The van der Waals surface area contributed by atoms with Gasteiger partial charge in [0, 0.05) is 6.21 Å². The lowest BCUT2D eigenvalue weighted by Crippen LogP contribution is -2.29. The van der Waals surface area contributed by atoms with E-state index in [2.05, 4.69) is 58.0 Å². The van der Waals surface area contributed by atoms with Crippen LogP contribution in [0.15, 0.2) is 17.1 Å². The Morgan fingerprint density at radius 1 is 1.12 bits per heavy atom. The fourth-order valence-corrected chi connectivity index (χ4v) is 2.16. The number of rotatable bonds is 0. The van der Waals surface area contributed by atoms with Crippen LogP contribution in [0.25, 0.3) is 0 Å². The molecule has 0 bridgehead atoms. The van der Waals surface area contributed by atoms with Crippen molar-refractivity contribution in [2.75, 3.05) is 0 Å². The molecule has 0 saturated heterocycles. The lowest BCUT2D eigenvalue weighted by Gasteiger charge is -2.30. The van der Waals surface area contributed by atoms with Crippen molar-refractivity contribution in [1.29, 1.82) is 0 Å². The first kappa shape index (κ1) is 11.4. The van der Waals surface area contributed by atoms with E-state index in [1.165, 1.54) is 22.3 Å². The van der Waals surface area contributed by atoms with Crippen LogP contribution in [-0.2, 0) is 6.42 Å². The monoisotopic (exact) mass is 215 g/mol. The highest BCUT2D eigenvalue weighted by Crippen LogP contribution is 2.30. The number of fused-ring (bicyclic) bond motifs is 1. The SMILES string of the molecule is Cc1cc2c(cc1C)CC(C(C)(C)C)N=C2. The molecule has 1 aliphatic heterocycles. The number of nitrogens with zero attached hydrogens (tertiary/aromatic N) is 1. The van der Waals surface area contributed by atoms with Gasteiger partial charge in [-0.1, -0.05) is 26.8 Å². The van der Waals surface area contributed by atoms with Crippen molar-refractivity contribution >= 4 is 6.21 Å². The largest absolute Gasteiger partial charge is 0.288 e. The normalized spacial score (nSPS) is 19.7. The zero-order chi connectivity index (χ0) is 11.9. The fraction of sp³-hybridized carbons (Fsp3) is 0.533. The van der Waals surface area contributed by atoms with Gasteiger partial charge in [-0.05, 0) is 54.0 Å². The molecule has 1 aromatic rings. The minimum Gasteiger partial charge on any atom is -0.288 e. The molecule has 1 unspecified atom stereocenters. The quantitative estimate of drug-likeness (QED) is 0.626. The molecular formula is C15H21N. The Morgan fingerprint density at radius 2 is 1.75 bits per heavy atom. The molecule has 86 valence electrons. The van der Waals surface area contributed by atoms with Crippen LogP contribution in [0.1, 0.15) is 43.0 Å². The topological polar surface area (TPSA) is 12.4 Å². The minimum atomic E-state index is 0.257. The zero-order valence-electron chi connectivity index (χ0n) is 11.0. The first-order valence-corrected chi connectivity index (χ1v) is 6.01. The van der Waals surface area contributed by atoms with Crippen LogP contribution in [-0.4, -0.2) is 12.3 Å². The summed E-state index contributed by atoms with van der Waals surface area (Å²) in [5, 5.41) is 0. The van der Waals surface area contributed by atoms with E-state index in [9.17, 15) is 0 Å². The van der Waals surface area contributed by atoms with Crippen LogP contribution in [0, 0.1) is 19.3 Å². The van der Waals surface area contributed by atoms with Crippen molar-refractivity contribution in [1.82, 2.24) is 0 Å². The van der Waals surface area contributed by atoms with Gasteiger partial charge in [0.1, 0.15) is 0 Å². The Kier molecular flexibility index (Phi) is 2.65. The molecule has 1 aromatic carbocycles. The van der Waals surface area contributed by atoms with Gasteiger partial charge in [-0.3, -0.25) is 4.99 Å². The van der Waals surface area contributed by atoms with Gasteiger partial charge in [-0.15, -0.1) is 0 Å². The van der Waals surface area contributed by atoms with Gasteiger partial charge < -0.3 is 0 Å². The summed E-state index contributed by atoms with van der Waals surface area (Å²) < 4.78 is 0. The van der Waals surface area contributed by atoms with E-state index >= 15 is 0 Å². The molecule has 16 heavy (non-hydrogen) atoms. The molecule has 0 spiro atoms. The molecular weight excluding hydrogens is 194 g/mol. The number of aliphatic imine (C=N–C) groups is 1. The minimum absolute atomic E-state index is 0.257. The summed E-state index contributed by atoms with van der Waals surface area (Å²) in [6.45, 7) is 11.1. The lowest BCUT2D eigenvalue weighted by molar-refractivity contribution is 0.319. The van der Waals surface area contributed by atoms with E-state index in [1.54, 1.807) is 0 Å². The molecule has 0 aliphatic carbocycles. The summed E-state index contributed by atoms with van der Waals surface area (Å²) in [7, 11) is 0. The summed E-state index contributed by atoms with van der Waals surface area (Å²) in [6.07, 6.45) is 3.14. The van der Waals surface area contributed by atoms with Crippen molar-refractivity contribution in [3.05, 3.63) is 34.4 Å². The van der Waals surface area contributed by atoms with Crippen LogP contribution in [0.4, 0.5) is 0 Å². The third kappa shape index (κ3) is 2.04. The van der Waals surface area contributed by atoms with E-state index in [4.69, 9.17) is 0 Å². The van der Waals surface area contributed by atoms with Crippen LogP contribution in [0.3, 0.4) is 0 Å². The molecule has 1 nitrogen and oxygen atoms in total. The molecule has 2 rings (SSSR count). The van der Waals surface area contributed by atoms with E-state index in [0.29, 0.717) is 6.04 Å². The van der Waals surface area contributed by atoms with Gasteiger partial charge in [0.05, 0.1) is 6.04 Å². The molecule has 1 atom stereocenters. The predicted molar refractivity (Wildman–Crippen MR) is 70.5 cm³/mol. The summed E-state index contributed by atoms with van der Waals surface area (Å²) in [5.74, 6) is 0. The molecule has 1 aliphatic rings. The highest BCUT2D eigenvalue weighted by molar-refractivity contribution is 5.83. The molecule has 0 fully saturated rings. The van der Waals surface area contributed by atoms with Gasteiger partial charge in [-0.25, -0.2) is 0 Å². The molecule has 1 heteroatoms. The maximum Gasteiger partial charge on any atom is 0.0588 e. The van der Waals surface area contributed by atoms with Crippen LogP contribution >= 0.6 is 0 Å². The third-order valence-electron chi connectivity index (χ3n) is 3.56. The fourth-order valence-electron chi connectivity index (χ4n) is 2.16. The van der Waals surface area contributed by atoms with Crippen LogP contribution < -0.4 is 0 Å². The maximum absolute atomic E-state index is 4.69. The highest BCUT2D eigenvalue weighted by atomic mass is 14.8. The second-order valence-electron chi connectivity index (χ2n) is 6.00. The maximum atomic E-state index is 4.69. The number of aryl methyl sites for hydroxylation is 2. The van der Waals surface area contributed by atoms with Crippen molar-refractivity contribution in [3.63, 3.8) is 0 Å². The standard InChI is InChI=1S/C15H21N/c1-10-6-12-8-14(15(3,4)5)16-9-13(12)7-11(10)2/h6-7,9,14H,8H2,1-5H3. The summed E-state index contributed by atoms with van der Waals surface area (Å²) in [4.78, 5) is 4.69. The molecule has 1 heterocycles. The van der Waals surface area contributed by atoms with Gasteiger partial charge in [-0.2, -0.15) is 0 Å². The van der Waals surface area contributed by atoms with Crippen molar-refractivity contribution < 1.29 is 0 Å². The van der Waals surface area contributed by atoms with Gasteiger partial charge >= 0.3 is 0 Å². The molecule has 0 saturated carbocycles. The summed E-state index contributed by atoms with van der Waals surface area (Å²) >= 11 is 0. The Morgan fingerprint density at radius 3 is 2.38 bits per heavy atom. The first-order valence-electron chi connectivity index (χ1n) is 6.01. The number of benzene rings is 1. The van der Waals surface area contributed by atoms with E-state index in [0.717, 1.165) is 6.42 Å². The summed E-state index contributed by atoms with van der Waals surface area (Å²) in [5.41, 5.74) is 5.77. The average Bonchev–Trinajstić information content (AvgIpc) is 2.17. The van der Waals surface area contributed by atoms with Crippen molar-refractivity contribution in [2.45, 2.75) is 47.1 Å². The molecule has 0 amide bonds. The Hall–Kier alpha value is -1.11. The second kappa shape index (κ2) is 3.73. The zero-order valence-corrected chi connectivity index (χ0v) is 11.0. The lowest BCUT2D eigenvalue weighted by atomic mass is 9.80. The van der Waals surface area contributed by atoms with Crippen molar-refractivity contribution in [2.24, 2.45) is 10.4 Å². The van der Waals surface area contributed by atoms with E-state index in [-0.39, 0.29) is 5.41 Å². The molecule has 0 N–H and O–H groups in total. The van der Waals surface area contributed by atoms with Gasteiger partial charge in [0.25, 0.3) is 0 Å². The van der Waals surface area contributed by atoms with E-state index < -0.39 is 0 Å². The Labute approximate surface area is 98.6 Å². The second-order valence-corrected chi connectivity index (χ2v) is 6.00. The Balaban J connectivity index is 2.38. The summed E-state index contributed by atoms with van der Waals surface area (Å²) in [6, 6.07) is 5.00.